The lowest BCUT2D eigenvalue weighted by Gasteiger charge is -2.34. The van der Waals surface area contributed by atoms with Crippen LogP contribution < -0.4 is 4.90 Å². The lowest BCUT2D eigenvalue weighted by atomic mass is 10.1. The Morgan fingerprint density at radius 2 is 1.80 bits per heavy atom. The van der Waals surface area contributed by atoms with E-state index in [4.69, 9.17) is 9.51 Å². The van der Waals surface area contributed by atoms with Crippen LogP contribution in [-0.4, -0.2) is 47.1 Å². The third-order valence-electron chi connectivity index (χ3n) is 5.70. The fourth-order valence-corrected chi connectivity index (χ4v) is 4.80. The summed E-state index contributed by atoms with van der Waals surface area (Å²) in [5.74, 6) is 0.522. The van der Waals surface area contributed by atoms with Crippen molar-refractivity contribution in [1.82, 2.24) is 15.0 Å². The van der Waals surface area contributed by atoms with Crippen LogP contribution in [0.5, 0.6) is 0 Å². The molecular formula is C23H22N4O2S. The molecule has 1 amide bonds. The molecular weight excluding hydrogens is 396 g/mol. The van der Waals surface area contributed by atoms with Gasteiger partial charge in [-0.2, -0.15) is 0 Å². The Bertz CT molecular complexity index is 1210. The molecule has 1 aliphatic rings. The maximum absolute atomic E-state index is 12.9. The summed E-state index contributed by atoms with van der Waals surface area (Å²) in [5, 5.41) is 5.03. The van der Waals surface area contributed by atoms with Crippen LogP contribution in [0.25, 0.3) is 21.5 Å². The van der Waals surface area contributed by atoms with Gasteiger partial charge in [0.1, 0.15) is 0 Å². The highest BCUT2D eigenvalue weighted by atomic mass is 32.1. The predicted octanol–water partition coefficient (Wildman–Crippen LogP) is 4.53. The molecule has 3 heterocycles. The number of aryl methyl sites for hydroxylation is 2. The molecule has 1 saturated heterocycles. The highest BCUT2D eigenvalue weighted by Crippen LogP contribution is 2.32. The van der Waals surface area contributed by atoms with Gasteiger partial charge in [-0.05, 0) is 31.0 Å². The second-order valence-corrected chi connectivity index (χ2v) is 8.58. The molecule has 6 nitrogen and oxygen atoms in total. The zero-order chi connectivity index (χ0) is 20.7. The summed E-state index contributed by atoms with van der Waals surface area (Å²) in [7, 11) is 0. The van der Waals surface area contributed by atoms with Crippen molar-refractivity contribution in [3.05, 3.63) is 65.4 Å². The highest BCUT2D eigenvalue weighted by molar-refractivity contribution is 7.22. The summed E-state index contributed by atoms with van der Waals surface area (Å²) < 4.78 is 6.60. The number of anilines is 1. The Balaban J connectivity index is 1.28. The number of carbonyl (C=O) groups excluding carboxylic acids is 1. The van der Waals surface area contributed by atoms with E-state index in [9.17, 15) is 4.79 Å². The number of carbonyl (C=O) groups is 1. The molecule has 0 radical (unpaired) electrons. The van der Waals surface area contributed by atoms with Crippen LogP contribution >= 0.6 is 11.3 Å². The summed E-state index contributed by atoms with van der Waals surface area (Å²) >= 11 is 1.72. The second kappa shape index (κ2) is 7.57. The van der Waals surface area contributed by atoms with Crippen LogP contribution in [0.2, 0.25) is 0 Å². The molecule has 1 aliphatic heterocycles. The van der Waals surface area contributed by atoms with Crippen LogP contribution in [0.15, 0.2) is 53.1 Å². The summed E-state index contributed by atoms with van der Waals surface area (Å²) in [5.41, 5.74) is 4.86. The van der Waals surface area contributed by atoms with E-state index in [0.717, 1.165) is 29.3 Å². The van der Waals surface area contributed by atoms with E-state index in [1.165, 1.54) is 15.8 Å². The molecule has 2 aromatic heterocycles. The summed E-state index contributed by atoms with van der Waals surface area (Å²) in [6.07, 6.45) is 0. The third kappa shape index (κ3) is 3.35. The van der Waals surface area contributed by atoms with Gasteiger partial charge >= 0.3 is 0 Å². The first-order chi connectivity index (χ1) is 14.6. The standard InChI is InChI=1S/C23H22N4O2S/c1-15-8-9-20-21(16(15)2)24-23(30-20)27-12-10-26(11-13-27)22(28)18-14-19(29-25-18)17-6-4-3-5-7-17/h3-9,14H,10-13H2,1-2H3. The first-order valence-corrected chi connectivity index (χ1v) is 10.8. The molecule has 0 saturated carbocycles. The molecule has 152 valence electrons. The number of hydrogen-bond donors (Lipinski definition) is 0. The van der Waals surface area contributed by atoms with Crippen molar-refractivity contribution in [3.63, 3.8) is 0 Å². The monoisotopic (exact) mass is 418 g/mol. The van der Waals surface area contributed by atoms with Crippen LogP contribution in [0.3, 0.4) is 0 Å². The van der Waals surface area contributed by atoms with Crippen LogP contribution in [0.1, 0.15) is 21.6 Å². The predicted molar refractivity (Wildman–Crippen MR) is 119 cm³/mol. The maximum atomic E-state index is 12.9. The number of nitrogens with zero attached hydrogens (tertiary/aromatic N) is 4. The smallest absolute Gasteiger partial charge is 0.276 e. The van der Waals surface area contributed by atoms with E-state index in [0.29, 0.717) is 24.5 Å². The average molecular weight is 419 g/mol. The number of thiazole rings is 1. The number of fused-ring (bicyclic) bond motifs is 1. The molecule has 0 N–H and O–H groups in total. The second-order valence-electron chi connectivity index (χ2n) is 7.57. The molecule has 0 aliphatic carbocycles. The van der Waals surface area contributed by atoms with Gasteiger partial charge in [-0.1, -0.05) is 52.9 Å². The van der Waals surface area contributed by atoms with Gasteiger partial charge in [0, 0.05) is 37.8 Å². The molecule has 5 rings (SSSR count). The molecule has 30 heavy (non-hydrogen) atoms. The zero-order valence-electron chi connectivity index (χ0n) is 17.0. The molecule has 4 aromatic rings. The summed E-state index contributed by atoms with van der Waals surface area (Å²) in [6, 6.07) is 15.7. The minimum absolute atomic E-state index is 0.0867. The molecule has 7 heteroatoms. The van der Waals surface area contributed by atoms with Gasteiger partial charge in [-0.3, -0.25) is 4.79 Å². The van der Waals surface area contributed by atoms with Gasteiger partial charge in [0.25, 0.3) is 5.91 Å². The van der Waals surface area contributed by atoms with Crippen molar-refractivity contribution in [3.8, 4) is 11.3 Å². The number of aromatic nitrogens is 2. The topological polar surface area (TPSA) is 62.5 Å². The van der Waals surface area contributed by atoms with Gasteiger partial charge in [-0.25, -0.2) is 4.98 Å². The van der Waals surface area contributed by atoms with Gasteiger partial charge in [0.05, 0.1) is 10.2 Å². The van der Waals surface area contributed by atoms with E-state index in [2.05, 4.69) is 36.0 Å². The Kier molecular flexibility index (Phi) is 4.75. The Hall–Kier alpha value is -3.19. The summed E-state index contributed by atoms with van der Waals surface area (Å²) in [4.78, 5) is 21.9. The van der Waals surface area contributed by atoms with E-state index in [1.807, 2.05) is 35.2 Å². The number of rotatable bonds is 3. The van der Waals surface area contributed by atoms with E-state index < -0.39 is 0 Å². The van der Waals surface area contributed by atoms with Crippen molar-refractivity contribution >= 4 is 32.6 Å². The van der Waals surface area contributed by atoms with E-state index >= 15 is 0 Å². The minimum Gasteiger partial charge on any atom is -0.355 e. The van der Waals surface area contributed by atoms with Crippen LogP contribution in [-0.2, 0) is 0 Å². The number of piperazine rings is 1. The Labute approximate surface area is 178 Å². The van der Waals surface area contributed by atoms with Gasteiger partial charge in [0.15, 0.2) is 16.6 Å². The lowest BCUT2D eigenvalue weighted by molar-refractivity contribution is 0.0736. The molecule has 0 atom stereocenters. The normalized spacial score (nSPS) is 14.5. The number of amides is 1. The minimum atomic E-state index is -0.0867. The SMILES string of the molecule is Cc1ccc2sc(N3CCN(C(=O)c4cc(-c5ccccc5)on4)CC3)nc2c1C. The zero-order valence-corrected chi connectivity index (χ0v) is 17.8. The average Bonchev–Trinajstić information content (AvgIpc) is 3.45. The third-order valence-corrected chi connectivity index (χ3v) is 6.78. The number of benzene rings is 2. The Morgan fingerprint density at radius 3 is 2.57 bits per heavy atom. The Morgan fingerprint density at radius 1 is 1.03 bits per heavy atom. The quantitative estimate of drug-likeness (QED) is 0.489. The van der Waals surface area contributed by atoms with Gasteiger partial charge < -0.3 is 14.3 Å². The van der Waals surface area contributed by atoms with Crippen LogP contribution in [0.4, 0.5) is 5.13 Å². The van der Waals surface area contributed by atoms with E-state index in [-0.39, 0.29) is 5.91 Å². The maximum Gasteiger partial charge on any atom is 0.276 e. The van der Waals surface area contributed by atoms with Crippen molar-refractivity contribution in [2.75, 3.05) is 31.1 Å². The summed E-state index contributed by atoms with van der Waals surface area (Å²) in [6.45, 7) is 7.03. The number of hydrogen-bond acceptors (Lipinski definition) is 6. The molecule has 0 spiro atoms. The first-order valence-electron chi connectivity index (χ1n) is 10.0. The van der Waals surface area contributed by atoms with Crippen molar-refractivity contribution < 1.29 is 9.32 Å². The molecule has 1 fully saturated rings. The van der Waals surface area contributed by atoms with E-state index in [1.54, 1.807) is 17.4 Å². The largest absolute Gasteiger partial charge is 0.355 e. The molecule has 2 aromatic carbocycles. The molecule has 0 unspecified atom stereocenters. The van der Waals surface area contributed by atoms with Crippen molar-refractivity contribution in [2.45, 2.75) is 13.8 Å². The molecule has 0 bridgehead atoms. The fraction of sp³-hybridized carbons (Fsp3) is 0.261. The first kappa shape index (κ1) is 18.8. The fourth-order valence-electron chi connectivity index (χ4n) is 3.73. The van der Waals surface area contributed by atoms with Gasteiger partial charge in [0.2, 0.25) is 0 Å². The highest BCUT2D eigenvalue weighted by Gasteiger charge is 2.26. The van der Waals surface area contributed by atoms with Crippen molar-refractivity contribution in [2.24, 2.45) is 0 Å². The van der Waals surface area contributed by atoms with Crippen LogP contribution in [0, 0.1) is 13.8 Å². The lowest BCUT2D eigenvalue weighted by Crippen LogP contribution is -2.48. The van der Waals surface area contributed by atoms with Gasteiger partial charge in [-0.15, -0.1) is 0 Å². The van der Waals surface area contributed by atoms with Crippen molar-refractivity contribution in [1.29, 1.82) is 0 Å².